The number of hydrogen-bond donors (Lipinski definition) is 2. The van der Waals surface area contributed by atoms with Crippen molar-refractivity contribution in [1.29, 1.82) is 5.26 Å². The molecular weight excluding hydrogens is 231 g/mol. The number of anilines is 1. The fourth-order valence-electron chi connectivity index (χ4n) is 1.77. The number of hydrogen-bond acceptors (Lipinski definition) is 3. The number of rotatable bonds is 4. The zero-order chi connectivity index (χ0) is 13.8. The average Bonchev–Trinajstić information content (AvgIpc) is 2.24. The summed E-state index contributed by atoms with van der Waals surface area (Å²) < 4.78 is 12.9. The van der Waals surface area contributed by atoms with Crippen LogP contribution in [-0.2, 0) is 0 Å². The number of nitriles is 1. The van der Waals surface area contributed by atoms with Crippen LogP contribution < -0.4 is 5.32 Å². The first-order valence-electron chi connectivity index (χ1n) is 5.93. The molecule has 0 bridgehead atoms. The van der Waals surface area contributed by atoms with Crippen molar-refractivity contribution in [2.75, 3.05) is 11.9 Å². The Labute approximate surface area is 107 Å². The van der Waals surface area contributed by atoms with Crippen LogP contribution in [-0.4, -0.2) is 17.8 Å². The normalized spacial score (nSPS) is 12.9. The van der Waals surface area contributed by atoms with Gasteiger partial charge in [-0.2, -0.15) is 5.26 Å². The molecule has 1 unspecified atom stereocenters. The molecule has 1 atom stereocenters. The van der Waals surface area contributed by atoms with Gasteiger partial charge in [0.25, 0.3) is 0 Å². The molecule has 3 nitrogen and oxygen atoms in total. The predicted molar refractivity (Wildman–Crippen MR) is 69.7 cm³/mol. The van der Waals surface area contributed by atoms with E-state index in [-0.39, 0.29) is 11.0 Å². The van der Waals surface area contributed by atoms with Crippen molar-refractivity contribution in [2.24, 2.45) is 5.41 Å². The summed E-state index contributed by atoms with van der Waals surface area (Å²) >= 11 is 0. The van der Waals surface area contributed by atoms with Crippen LogP contribution in [0.25, 0.3) is 0 Å². The van der Waals surface area contributed by atoms with Crippen molar-refractivity contribution in [3.8, 4) is 6.07 Å². The number of benzene rings is 1. The Balaban J connectivity index is 2.62. The van der Waals surface area contributed by atoms with E-state index in [1.807, 2.05) is 6.07 Å². The Hall–Kier alpha value is -1.60. The molecule has 0 amide bonds. The van der Waals surface area contributed by atoms with Gasteiger partial charge in [0.15, 0.2) is 0 Å². The first-order valence-corrected chi connectivity index (χ1v) is 5.93. The van der Waals surface area contributed by atoms with Gasteiger partial charge in [0.2, 0.25) is 0 Å². The molecule has 1 aromatic carbocycles. The number of nitrogens with zero attached hydrogens (tertiary/aromatic N) is 1. The minimum Gasteiger partial charge on any atom is -0.391 e. The largest absolute Gasteiger partial charge is 0.391 e. The van der Waals surface area contributed by atoms with Crippen LogP contribution >= 0.6 is 0 Å². The van der Waals surface area contributed by atoms with Crippen LogP contribution in [0.3, 0.4) is 0 Å². The Kier molecular flexibility index (Phi) is 4.69. The standard InChI is InChI=1S/C14H19FN2O/c1-14(2,3)7-12(18)9-17-13-5-4-11(15)6-10(13)8-16/h4-6,12,17-18H,7,9H2,1-3H3. The van der Waals surface area contributed by atoms with Gasteiger partial charge >= 0.3 is 0 Å². The quantitative estimate of drug-likeness (QED) is 0.863. The lowest BCUT2D eigenvalue weighted by atomic mass is 9.89. The van der Waals surface area contributed by atoms with Gasteiger partial charge in [-0.3, -0.25) is 0 Å². The molecule has 0 spiro atoms. The van der Waals surface area contributed by atoms with Crippen LogP contribution in [0, 0.1) is 22.6 Å². The van der Waals surface area contributed by atoms with Gasteiger partial charge in [0.1, 0.15) is 11.9 Å². The van der Waals surface area contributed by atoms with E-state index in [4.69, 9.17) is 5.26 Å². The summed E-state index contributed by atoms with van der Waals surface area (Å²) in [4.78, 5) is 0. The molecular formula is C14H19FN2O. The van der Waals surface area contributed by atoms with Gasteiger partial charge in [-0.25, -0.2) is 4.39 Å². The average molecular weight is 250 g/mol. The minimum atomic E-state index is -0.499. The van der Waals surface area contributed by atoms with E-state index in [2.05, 4.69) is 26.1 Å². The third-order valence-corrected chi connectivity index (χ3v) is 2.48. The Morgan fingerprint density at radius 2 is 2.11 bits per heavy atom. The van der Waals surface area contributed by atoms with Gasteiger partial charge in [-0.05, 0) is 30.0 Å². The molecule has 1 aromatic rings. The number of halogens is 1. The predicted octanol–water partition coefficient (Wildman–Crippen LogP) is 2.91. The van der Waals surface area contributed by atoms with Crippen LogP contribution in [0.4, 0.5) is 10.1 Å². The summed E-state index contributed by atoms with van der Waals surface area (Å²) in [5.41, 5.74) is 0.840. The highest BCUT2D eigenvalue weighted by atomic mass is 19.1. The lowest BCUT2D eigenvalue weighted by molar-refractivity contribution is 0.132. The van der Waals surface area contributed by atoms with E-state index in [0.717, 1.165) is 0 Å². The Morgan fingerprint density at radius 3 is 2.67 bits per heavy atom. The molecule has 2 N–H and O–H groups in total. The van der Waals surface area contributed by atoms with Crippen molar-refractivity contribution in [1.82, 2.24) is 0 Å². The van der Waals surface area contributed by atoms with E-state index in [9.17, 15) is 9.50 Å². The molecule has 1 rings (SSSR count). The second kappa shape index (κ2) is 5.83. The summed E-state index contributed by atoms with van der Waals surface area (Å²) in [7, 11) is 0. The molecule has 0 saturated heterocycles. The van der Waals surface area contributed by atoms with Gasteiger partial charge in [-0.1, -0.05) is 20.8 Å². The second-order valence-electron chi connectivity index (χ2n) is 5.60. The van der Waals surface area contributed by atoms with Crippen molar-refractivity contribution < 1.29 is 9.50 Å². The summed E-state index contributed by atoms with van der Waals surface area (Å²) in [5.74, 6) is -0.438. The van der Waals surface area contributed by atoms with E-state index >= 15 is 0 Å². The maximum atomic E-state index is 12.9. The molecule has 0 aliphatic heterocycles. The molecule has 0 aromatic heterocycles. The molecule has 0 aliphatic carbocycles. The zero-order valence-corrected chi connectivity index (χ0v) is 11.0. The molecule has 0 saturated carbocycles. The molecule has 4 heteroatoms. The number of aliphatic hydroxyl groups excluding tert-OH is 1. The van der Waals surface area contributed by atoms with Crippen molar-refractivity contribution in [3.05, 3.63) is 29.6 Å². The van der Waals surface area contributed by atoms with E-state index < -0.39 is 11.9 Å². The van der Waals surface area contributed by atoms with Gasteiger partial charge in [0, 0.05) is 6.54 Å². The van der Waals surface area contributed by atoms with Crippen LogP contribution in [0.15, 0.2) is 18.2 Å². The summed E-state index contributed by atoms with van der Waals surface area (Å²) in [5, 5.41) is 21.7. The summed E-state index contributed by atoms with van der Waals surface area (Å²) in [6.07, 6.45) is 0.157. The molecule has 0 radical (unpaired) electrons. The van der Waals surface area contributed by atoms with Gasteiger partial charge in [0.05, 0.1) is 17.4 Å². The highest BCUT2D eigenvalue weighted by Gasteiger charge is 2.16. The van der Waals surface area contributed by atoms with Crippen molar-refractivity contribution in [2.45, 2.75) is 33.3 Å². The second-order valence-corrected chi connectivity index (χ2v) is 5.60. The fourth-order valence-corrected chi connectivity index (χ4v) is 1.77. The maximum absolute atomic E-state index is 12.9. The van der Waals surface area contributed by atoms with Crippen LogP contribution in [0.1, 0.15) is 32.8 Å². The highest BCUT2D eigenvalue weighted by Crippen LogP contribution is 2.21. The molecule has 18 heavy (non-hydrogen) atoms. The lowest BCUT2D eigenvalue weighted by Gasteiger charge is -2.23. The van der Waals surface area contributed by atoms with Crippen LogP contribution in [0.5, 0.6) is 0 Å². The van der Waals surface area contributed by atoms with Gasteiger partial charge in [-0.15, -0.1) is 0 Å². The first-order chi connectivity index (χ1) is 8.31. The zero-order valence-electron chi connectivity index (χ0n) is 11.0. The van der Waals surface area contributed by atoms with E-state index in [1.54, 1.807) is 0 Å². The monoisotopic (exact) mass is 250 g/mol. The molecule has 0 aliphatic rings. The fraction of sp³-hybridized carbons (Fsp3) is 0.500. The molecule has 0 heterocycles. The third-order valence-electron chi connectivity index (χ3n) is 2.48. The maximum Gasteiger partial charge on any atom is 0.124 e. The topological polar surface area (TPSA) is 56.0 Å². The Morgan fingerprint density at radius 1 is 1.44 bits per heavy atom. The summed E-state index contributed by atoms with van der Waals surface area (Å²) in [6.45, 7) is 6.50. The SMILES string of the molecule is CC(C)(C)CC(O)CNc1ccc(F)cc1C#N. The lowest BCUT2D eigenvalue weighted by Crippen LogP contribution is -2.25. The smallest absolute Gasteiger partial charge is 0.124 e. The number of nitrogens with one attached hydrogen (secondary N) is 1. The first kappa shape index (κ1) is 14.5. The number of aliphatic hydroxyl groups is 1. The highest BCUT2D eigenvalue weighted by molar-refractivity contribution is 5.57. The summed E-state index contributed by atoms with van der Waals surface area (Å²) in [6, 6.07) is 5.91. The van der Waals surface area contributed by atoms with E-state index in [0.29, 0.717) is 18.7 Å². The minimum absolute atomic E-state index is 0.0436. The molecule has 98 valence electrons. The van der Waals surface area contributed by atoms with E-state index in [1.165, 1.54) is 18.2 Å². The Bertz CT molecular complexity index is 446. The van der Waals surface area contributed by atoms with Crippen molar-refractivity contribution >= 4 is 5.69 Å². The van der Waals surface area contributed by atoms with Crippen LogP contribution in [0.2, 0.25) is 0 Å². The van der Waals surface area contributed by atoms with Gasteiger partial charge < -0.3 is 10.4 Å². The van der Waals surface area contributed by atoms with Crippen molar-refractivity contribution in [3.63, 3.8) is 0 Å². The molecule has 0 fully saturated rings. The third kappa shape index (κ3) is 4.72.